The van der Waals surface area contributed by atoms with Crippen LogP contribution in [0.5, 0.6) is 0 Å². The second-order valence-corrected chi connectivity index (χ2v) is 5.72. The van der Waals surface area contributed by atoms with E-state index in [2.05, 4.69) is 22.3 Å². The Balaban J connectivity index is 2.02. The van der Waals surface area contributed by atoms with Gasteiger partial charge < -0.3 is 15.4 Å². The van der Waals surface area contributed by atoms with Crippen LogP contribution in [0.1, 0.15) is 55.5 Å². The molecule has 1 unspecified atom stereocenters. The maximum Gasteiger partial charge on any atom is 0.256 e. The molecule has 2 aromatic rings. The number of benzene rings is 1. The largest absolute Gasteiger partial charge is 0.382 e. The van der Waals surface area contributed by atoms with Crippen LogP contribution < -0.4 is 5.73 Å². The highest BCUT2D eigenvalue weighted by Crippen LogP contribution is 2.43. The lowest BCUT2D eigenvalue weighted by atomic mass is 9.69. The Labute approximate surface area is 124 Å². The number of nitrogens with two attached hydrogens (primary N) is 1. The molecule has 0 saturated heterocycles. The Hall–Kier alpha value is -1.72. The van der Waals surface area contributed by atoms with E-state index in [1.165, 1.54) is 12.0 Å². The van der Waals surface area contributed by atoms with Gasteiger partial charge in [-0.05, 0) is 18.4 Å². The maximum absolute atomic E-state index is 9.77. The smallest absolute Gasteiger partial charge is 0.256 e. The summed E-state index contributed by atoms with van der Waals surface area (Å²) in [5.41, 5.74) is 6.48. The van der Waals surface area contributed by atoms with Crippen molar-refractivity contribution in [1.29, 1.82) is 0 Å². The fourth-order valence-corrected chi connectivity index (χ4v) is 3.22. The third kappa shape index (κ3) is 2.59. The zero-order valence-electron chi connectivity index (χ0n) is 12.0. The molecule has 3 N–H and O–H groups in total. The van der Waals surface area contributed by atoms with Crippen LogP contribution in [0.25, 0.3) is 0 Å². The highest BCUT2D eigenvalue weighted by molar-refractivity contribution is 5.33. The summed E-state index contributed by atoms with van der Waals surface area (Å²) >= 11 is 0. The first-order valence-electron chi connectivity index (χ1n) is 7.54. The Kier molecular flexibility index (Phi) is 4.03. The van der Waals surface area contributed by atoms with Gasteiger partial charge in [0.2, 0.25) is 0 Å². The molecular formula is C16H21N3O2. The molecule has 0 spiro atoms. The number of rotatable bonds is 4. The van der Waals surface area contributed by atoms with Crippen molar-refractivity contribution < 1.29 is 9.63 Å². The van der Waals surface area contributed by atoms with E-state index in [4.69, 9.17) is 10.3 Å². The molecule has 1 heterocycles. The Morgan fingerprint density at radius 2 is 1.90 bits per heavy atom. The van der Waals surface area contributed by atoms with Crippen LogP contribution >= 0.6 is 0 Å². The lowest BCUT2D eigenvalue weighted by Gasteiger charge is -2.35. The van der Waals surface area contributed by atoms with Gasteiger partial charge in [0.1, 0.15) is 6.10 Å². The summed E-state index contributed by atoms with van der Waals surface area (Å²) in [5.74, 6) is 0.893. The van der Waals surface area contributed by atoms with Gasteiger partial charge in [0.15, 0.2) is 5.82 Å². The quantitative estimate of drug-likeness (QED) is 0.901. The van der Waals surface area contributed by atoms with Crippen molar-refractivity contribution in [2.45, 2.75) is 43.6 Å². The number of aliphatic hydroxyl groups is 1. The second-order valence-electron chi connectivity index (χ2n) is 5.72. The summed E-state index contributed by atoms with van der Waals surface area (Å²) in [6.07, 6.45) is 4.67. The minimum atomic E-state index is -0.886. The van der Waals surface area contributed by atoms with Crippen LogP contribution in [0.4, 0.5) is 0 Å². The number of aromatic nitrogens is 2. The zero-order chi connectivity index (χ0) is 14.7. The molecular weight excluding hydrogens is 266 g/mol. The van der Waals surface area contributed by atoms with Crippen molar-refractivity contribution in [3.05, 3.63) is 47.6 Å². The third-order valence-electron chi connectivity index (χ3n) is 4.41. The molecule has 1 saturated carbocycles. The minimum Gasteiger partial charge on any atom is -0.382 e. The standard InChI is InChI=1S/C16H21N3O2/c17-11-13(20)14-18-15(19-21-14)16(9-5-2-6-10-16)12-7-3-1-4-8-12/h1,3-4,7-8,13,20H,2,5-6,9-11,17H2. The van der Waals surface area contributed by atoms with E-state index >= 15 is 0 Å². The predicted molar refractivity (Wildman–Crippen MR) is 78.6 cm³/mol. The monoisotopic (exact) mass is 287 g/mol. The fourth-order valence-electron chi connectivity index (χ4n) is 3.22. The van der Waals surface area contributed by atoms with Crippen LogP contribution in [0, 0.1) is 0 Å². The van der Waals surface area contributed by atoms with Crippen molar-refractivity contribution in [3.63, 3.8) is 0 Å². The summed E-state index contributed by atoms with van der Waals surface area (Å²) in [6.45, 7) is 0.0833. The van der Waals surface area contributed by atoms with E-state index in [1.807, 2.05) is 18.2 Å². The first-order chi connectivity index (χ1) is 10.3. The molecule has 1 aromatic carbocycles. The lowest BCUT2D eigenvalue weighted by Crippen LogP contribution is -2.31. The van der Waals surface area contributed by atoms with Crippen molar-refractivity contribution >= 4 is 0 Å². The van der Waals surface area contributed by atoms with Crippen molar-refractivity contribution in [2.24, 2.45) is 5.73 Å². The number of hydrogen-bond acceptors (Lipinski definition) is 5. The van der Waals surface area contributed by atoms with Crippen molar-refractivity contribution in [3.8, 4) is 0 Å². The molecule has 5 nitrogen and oxygen atoms in total. The zero-order valence-corrected chi connectivity index (χ0v) is 12.0. The van der Waals surface area contributed by atoms with Gasteiger partial charge in [-0.3, -0.25) is 0 Å². The normalized spacial score (nSPS) is 19.3. The molecule has 112 valence electrons. The first-order valence-corrected chi connectivity index (χ1v) is 7.54. The van der Waals surface area contributed by atoms with Gasteiger partial charge >= 0.3 is 0 Å². The van der Waals surface area contributed by atoms with Gasteiger partial charge in [-0.15, -0.1) is 0 Å². The molecule has 5 heteroatoms. The van der Waals surface area contributed by atoms with Crippen LogP contribution in [-0.4, -0.2) is 21.8 Å². The molecule has 1 atom stereocenters. The minimum absolute atomic E-state index is 0.0833. The van der Waals surface area contributed by atoms with E-state index in [9.17, 15) is 5.11 Å². The topological polar surface area (TPSA) is 85.2 Å². The lowest BCUT2D eigenvalue weighted by molar-refractivity contribution is 0.141. The van der Waals surface area contributed by atoms with Crippen LogP contribution in [0.2, 0.25) is 0 Å². The molecule has 1 aliphatic rings. The molecule has 0 amide bonds. The van der Waals surface area contributed by atoms with E-state index in [0.29, 0.717) is 5.82 Å². The summed E-state index contributed by atoms with van der Waals surface area (Å²) in [4.78, 5) is 4.45. The van der Waals surface area contributed by atoms with E-state index in [-0.39, 0.29) is 17.9 Å². The third-order valence-corrected chi connectivity index (χ3v) is 4.41. The highest BCUT2D eigenvalue weighted by atomic mass is 16.5. The summed E-state index contributed by atoms with van der Waals surface area (Å²) in [6, 6.07) is 10.4. The van der Waals surface area contributed by atoms with Crippen molar-refractivity contribution in [1.82, 2.24) is 10.1 Å². The molecule has 1 aliphatic carbocycles. The van der Waals surface area contributed by atoms with Gasteiger partial charge in [-0.2, -0.15) is 4.98 Å². The Morgan fingerprint density at radius 3 is 2.57 bits per heavy atom. The van der Waals surface area contributed by atoms with Gasteiger partial charge in [-0.1, -0.05) is 54.8 Å². The average Bonchev–Trinajstić information content (AvgIpc) is 3.06. The maximum atomic E-state index is 9.77. The van der Waals surface area contributed by atoms with Gasteiger partial charge in [0, 0.05) is 6.54 Å². The van der Waals surface area contributed by atoms with Crippen LogP contribution in [0.3, 0.4) is 0 Å². The molecule has 3 rings (SSSR count). The number of hydrogen-bond donors (Lipinski definition) is 2. The van der Waals surface area contributed by atoms with Crippen molar-refractivity contribution in [2.75, 3.05) is 6.54 Å². The number of nitrogens with zero attached hydrogens (tertiary/aromatic N) is 2. The summed E-state index contributed by atoms with van der Waals surface area (Å²) in [5, 5.41) is 13.9. The van der Waals surface area contributed by atoms with Gasteiger partial charge in [0.05, 0.1) is 5.41 Å². The Bertz CT molecular complexity index is 576. The second kappa shape index (κ2) is 5.95. The fraction of sp³-hybridized carbons (Fsp3) is 0.500. The molecule has 21 heavy (non-hydrogen) atoms. The molecule has 0 radical (unpaired) electrons. The first kappa shape index (κ1) is 14.2. The summed E-state index contributed by atoms with van der Waals surface area (Å²) < 4.78 is 5.23. The summed E-state index contributed by atoms with van der Waals surface area (Å²) in [7, 11) is 0. The van der Waals surface area contributed by atoms with E-state index in [0.717, 1.165) is 25.7 Å². The molecule has 1 fully saturated rings. The Morgan fingerprint density at radius 1 is 1.19 bits per heavy atom. The number of aliphatic hydroxyl groups excluding tert-OH is 1. The van der Waals surface area contributed by atoms with Crippen LogP contribution in [0.15, 0.2) is 34.9 Å². The molecule has 1 aromatic heterocycles. The van der Waals surface area contributed by atoms with Crippen LogP contribution in [-0.2, 0) is 5.41 Å². The van der Waals surface area contributed by atoms with E-state index < -0.39 is 6.10 Å². The predicted octanol–water partition coefficient (Wildman–Crippen LogP) is 2.31. The van der Waals surface area contributed by atoms with Gasteiger partial charge in [0.25, 0.3) is 5.89 Å². The SMILES string of the molecule is NCC(O)c1nc(C2(c3ccccc3)CCCCC2)no1. The molecule has 0 bridgehead atoms. The highest BCUT2D eigenvalue weighted by Gasteiger charge is 2.40. The van der Waals surface area contributed by atoms with E-state index in [1.54, 1.807) is 0 Å². The molecule has 0 aliphatic heterocycles. The van der Waals surface area contributed by atoms with Gasteiger partial charge in [-0.25, -0.2) is 0 Å². The average molecular weight is 287 g/mol.